The summed E-state index contributed by atoms with van der Waals surface area (Å²) in [6.07, 6.45) is 0. The number of rotatable bonds is 3. The van der Waals surface area contributed by atoms with Crippen LogP contribution < -0.4 is 5.73 Å². The number of benzene rings is 1. The Morgan fingerprint density at radius 1 is 1.33 bits per heavy atom. The van der Waals surface area contributed by atoms with Crippen molar-refractivity contribution in [3.05, 3.63) is 35.1 Å². The molecule has 0 aliphatic carbocycles. The first-order chi connectivity index (χ1) is 8.61. The Morgan fingerprint density at radius 2 is 2.06 bits per heavy atom. The number of likely N-dealkylation sites (N-methyl/N-ethyl adjacent to an activating group) is 1. The van der Waals surface area contributed by atoms with E-state index in [1.54, 1.807) is 30.1 Å². The summed E-state index contributed by atoms with van der Waals surface area (Å²) in [6.45, 7) is 2.47. The highest BCUT2D eigenvalue weighted by atomic mass is 19.1. The minimum Gasteiger partial charge on any atom is -0.343 e. The molecule has 98 valence electrons. The van der Waals surface area contributed by atoms with Crippen molar-refractivity contribution in [2.75, 3.05) is 26.7 Å². The second-order valence-corrected chi connectivity index (χ2v) is 4.62. The number of halogens is 1. The summed E-state index contributed by atoms with van der Waals surface area (Å²) < 4.78 is 14.0. The molecule has 0 saturated carbocycles. The first-order valence-corrected chi connectivity index (χ1v) is 6.04. The summed E-state index contributed by atoms with van der Waals surface area (Å²) in [5.74, 6) is -0.164. The molecule has 1 heterocycles. The second-order valence-electron chi connectivity index (χ2n) is 4.62. The van der Waals surface area contributed by atoms with Gasteiger partial charge in [0, 0.05) is 44.4 Å². The number of piperazine rings is 1. The van der Waals surface area contributed by atoms with Crippen LogP contribution in [0.2, 0.25) is 0 Å². The van der Waals surface area contributed by atoms with Gasteiger partial charge in [-0.2, -0.15) is 0 Å². The quantitative estimate of drug-likeness (QED) is 0.854. The third-order valence-electron chi connectivity index (χ3n) is 3.31. The van der Waals surface area contributed by atoms with E-state index in [0.717, 1.165) is 6.54 Å². The van der Waals surface area contributed by atoms with Crippen LogP contribution >= 0.6 is 0 Å². The van der Waals surface area contributed by atoms with Gasteiger partial charge in [0.1, 0.15) is 5.82 Å². The smallest absolute Gasteiger partial charge is 0.236 e. The Bertz CT molecular complexity index is 450. The molecule has 0 radical (unpaired) electrons. The van der Waals surface area contributed by atoms with Crippen molar-refractivity contribution in [3.63, 3.8) is 0 Å². The maximum atomic E-state index is 14.0. The van der Waals surface area contributed by atoms with Crippen molar-refractivity contribution in [3.8, 4) is 0 Å². The number of nitrogens with zero attached hydrogens (tertiary/aromatic N) is 2. The first kappa shape index (κ1) is 13.0. The van der Waals surface area contributed by atoms with Crippen molar-refractivity contribution in [2.45, 2.75) is 13.1 Å². The summed E-state index contributed by atoms with van der Waals surface area (Å²) in [4.78, 5) is 15.2. The minimum atomic E-state index is -0.244. The molecule has 4 nitrogen and oxygen atoms in total. The Hall–Kier alpha value is -1.46. The van der Waals surface area contributed by atoms with E-state index in [4.69, 9.17) is 5.73 Å². The fourth-order valence-electron chi connectivity index (χ4n) is 2.10. The van der Waals surface area contributed by atoms with Crippen molar-refractivity contribution >= 4 is 5.91 Å². The summed E-state index contributed by atoms with van der Waals surface area (Å²) in [7, 11) is 1.79. The molecular formula is C13H18FN3O. The monoisotopic (exact) mass is 251 g/mol. The maximum absolute atomic E-state index is 14.0. The van der Waals surface area contributed by atoms with Crippen LogP contribution in [0.3, 0.4) is 0 Å². The van der Waals surface area contributed by atoms with Gasteiger partial charge in [0.05, 0.1) is 6.54 Å². The van der Waals surface area contributed by atoms with Gasteiger partial charge in [0.2, 0.25) is 5.91 Å². The molecule has 2 rings (SSSR count). The lowest BCUT2D eigenvalue weighted by Crippen LogP contribution is -2.48. The first-order valence-electron chi connectivity index (χ1n) is 6.04. The summed E-state index contributed by atoms with van der Waals surface area (Å²) in [5.41, 5.74) is 6.61. The Kier molecular flexibility index (Phi) is 3.93. The zero-order valence-corrected chi connectivity index (χ0v) is 10.5. The molecule has 1 aromatic rings. The molecule has 0 atom stereocenters. The van der Waals surface area contributed by atoms with Gasteiger partial charge >= 0.3 is 0 Å². The molecule has 0 spiro atoms. The lowest BCUT2D eigenvalue weighted by Gasteiger charge is -2.32. The van der Waals surface area contributed by atoms with E-state index >= 15 is 0 Å². The molecule has 2 N–H and O–H groups in total. The molecule has 1 aliphatic heterocycles. The highest BCUT2D eigenvalue weighted by molar-refractivity contribution is 5.78. The van der Waals surface area contributed by atoms with Crippen LogP contribution in [0, 0.1) is 5.82 Å². The SMILES string of the molecule is CN1CCN(Cc2cccc(CN)c2F)CC1=O. The maximum Gasteiger partial charge on any atom is 0.236 e. The van der Waals surface area contributed by atoms with Gasteiger partial charge < -0.3 is 10.6 Å². The highest BCUT2D eigenvalue weighted by Crippen LogP contribution is 2.15. The lowest BCUT2D eigenvalue weighted by molar-refractivity contribution is -0.134. The second kappa shape index (κ2) is 5.46. The molecule has 0 bridgehead atoms. The number of nitrogens with two attached hydrogens (primary N) is 1. The highest BCUT2D eigenvalue weighted by Gasteiger charge is 2.21. The van der Waals surface area contributed by atoms with E-state index in [-0.39, 0.29) is 18.3 Å². The average Bonchev–Trinajstić information content (AvgIpc) is 2.36. The summed E-state index contributed by atoms with van der Waals surface area (Å²) in [6, 6.07) is 5.24. The van der Waals surface area contributed by atoms with Crippen LogP contribution in [-0.4, -0.2) is 42.4 Å². The van der Waals surface area contributed by atoms with Crippen LogP contribution in [0.15, 0.2) is 18.2 Å². The van der Waals surface area contributed by atoms with Crippen molar-refractivity contribution in [2.24, 2.45) is 5.73 Å². The van der Waals surface area contributed by atoms with Gasteiger partial charge in [0.15, 0.2) is 0 Å². The Labute approximate surface area is 106 Å². The summed E-state index contributed by atoms with van der Waals surface area (Å²) >= 11 is 0. The van der Waals surface area contributed by atoms with Crippen molar-refractivity contribution in [1.29, 1.82) is 0 Å². The van der Waals surface area contributed by atoms with Gasteiger partial charge in [-0.05, 0) is 0 Å². The molecule has 1 aliphatic rings. The number of amides is 1. The minimum absolute atomic E-state index is 0.0802. The number of carbonyl (C=O) groups excluding carboxylic acids is 1. The Balaban J connectivity index is 2.08. The molecule has 1 saturated heterocycles. The van der Waals surface area contributed by atoms with E-state index < -0.39 is 0 Å². The van der Waals surface area contributed by atoms with Gasteiger partial charge in [-0.1, -0.05) is 18.2 Å². The van der Waals surface area contributed by atoms with Crippen molar-refractivity contribution in [1.82, 2.24) is 9.80 Å². The predicted molar refractivity (Wildman–Crippen MR) is 67.2 cm³/mol. The van der Waals surface area contributed by atoms with Crippen LogP contribution in [0.5, 0.6) is 0 Å². The number of carbonyl (C=O) groups is 1. The molecule has 1 aromatic carbocycles. The fraction of sp³-hybridized carbons (Fsp3) is 0.462. The topological polar surface area (TPSA) is 49.6 Å². The van der Waals surface area contributed by atoms with Crippen LogP contribution in [0.25, 0.3) is 0 Å². The molecular weight excluding hydrogens is 233 g/mol. The van der Waals surface area contributed by atoms with Gasteiger partial charge in [0.25, 0.3) is 0 Å². The lowest BCUT2D eigenvalue weighted by atomic mass is 10.1. The largest absolute Gasteiger partial charge is 0.343 e. The van der Waals surface area contributed by atoms with E-state index in [2.05, 4.69) is 0 Å². The molecule has 5 heteroatoms. The van der Waals surface area contributed by atoms with E-state index in [1.165, 1.54) is 0 Å². The number of hydrogen-bond acceptors (Lipinski definition) is 3. The standard InChI is InChI=1S/C13H18FN3O/c1-16-5-6-17(9-12(16)18)8-11-4-2-3-10(7-15)13(11)14/h2-4H,5-9,15H2,1H3. The third-order valence-corrected chi connectivity index (χ3v) is 3.31. The average molecular weight is 251 g/mol. The molecule has 0 aromatic heterocycles. The summed E-state index contributed by atoms with van der Waals surface area (Å²) in [5, 5.41) is 0. The normalized spacial score (nSPS) is 17.3. The van der Waals surface area contributed by atoms with Crippen molar-refractivity contribution < 1.29 is 9.18 Å². The van der Waals surface area contributed by atoms with Crippen LogP contribution in [-0.2, 0) is 17.9 Å². The fourth-order valence-corrected chi connectivity index (χ4v) is 2.10. The molecule has 1 amide bonds. The van der Waals surface area contributed by atoms with E-state index in [9.17, 15) is 9.18 Å². The molecule has 0 unspecified atom stereocenters. The Morgan fingerprint density at radius 3 is 2.72 bits per heavy atom. The molecule has 18 heavy (non-hydrogen) atoms. The van der Waals surface area contributed by atoms with Crippen LogP contribution in [0.1, 0.15) is 11.1 Å². The van der Waals surface area contributed by atoms with Gasteiger partial charge in [-0.3, -0.25) is 9.69 Å². The molecule has 1 fully saturated rings. The van der Waals surface area contributed by atoms with Crippen LogP contribution in [0.4, 0.5) is 4.39 Å². The van der Waals surface area contributed by atoms with Gasteiger partial charge in [-0.25, -0.2) is 4.39 Å². The number of hydrogen-bond donors (Lipinski definition) is 1. The van der Waals surface area contributed by atoms with E-state index in [0.29, 0.717) is 30.8 Å². The zero-order chi connectivity index (χ0) is 13.1. The zero-order valence-electron chi connectivity index (χ0n) is 10.5. The predicted octanol–water partition coefficient (Wildman–Crippen LogP) is 0.558. The third kappa shape index (κ3) is 2.68. The van der Waals surface area contributed by atoms with E-state index in [1.807, 2.05) is 4.90 Å². The van der Waals surface area contributed by atoms with Gasteiger partial charge in [-0.15, -0.1) is 0 Å².